The Morgan fingerprint density at radius 3 is 2.60 bits per heavy atom. The van der Waals surface area contributed by atoms with Gasteiger partial charge in [-0.3, -0.25) is 14.2 Å². The number of hydrogen-bond donors (Lipinski definition) is 1. The summed E-state index contributed by atoms with van der Waals surface area (Å²) in [5.41, 5.74) is 4.96. The van der Waals surface area contributed by atoms with Gasteiger partial charge in [-0.05, 0) is 45.2 Å². The van der Waals surface area contributed by atoms with Gasteiger partial charge in [0.15, 0.2) is 0 Å². The molecule has 0 aliphatic heterocycles. The summed E-state index contributed by atoms with van der Waals surface area (Å²) in [6.07, 6.45) is -0.754. The van der Waals surface area contributed by atoms with Crippen LogP contribution < -0.4 is 5.32 Å². The molecule has 1 aliphatic carbocycles. The minimum atomic E-state index is -2.64. The molecule has 3 aromatic rings. The topological polar surface area (TPSA) is 64.7 Å². The first-order valence-corrected chi connectivity index (χ1v) is 10.1. The van der Waals surface area contributed by atoms with Crippen molar-refractivity contribution in [1.82, 2.24) is 19.6 Å². The molecular formula is C22H25F2N5O. The maximum atomic E-state index is 13.1. The number of halogens is 2. The van der Waals surface area contributed by atoms with E-state index in [-0.39, 0.29) is 24.1 Å². The van der Waals surface area contributed by atoms with Gasteiger partial charge >= 0.3 is 0 Å². The first-order chi connectivity index (χ1) is 14.3. The largest absolute Gasteiger partial charge is 0.321 e. The van der Waals surface area contributed by atoms with Crippen LogP contribution >= 0.6 is 0 Å². The third-order valence-electron chi connectivity index (χ3n) is 5.40. The lowest BCUT2D eigenvalue weighted by Gasteiger charge is -2.09. The number of carbonyl (C=O) groups excluding carboxylic acids is 1. The zero-order chi connectivity index (χ0) is 21.4. The lowest BCUT2D eigenvalue weighted by molar-refractivity contribution is -0.117. The molecule has 1 N–H and O–H groups in total. The first-order valence-electron chi connectivity index (χ1n) is 10.1. The van der Waals surface area contributed by atoms with Crippen LogP contribution in [0.5, 0.6) is 0 Å². The van der Waals surface area contributed by atoms with Crippen molar-refractivity contribution >= 4 is 11.6 Å². The first kappa shape index (κ1) is 20.3. The van der Waals surface area contributed by atoms with Gasteiger partial charge in [-0.15, -0.1) is 0 Å². The van der Waals surface area contributed by atoms with Crippen molar-refractivity contribution < 1.29 is 13.6 Å². The summed E-state index contributed by atoms with van der Waals surface area (Å²) in [5.74, 6) is -0.0829. The molecule has 1 aromatic carbocycles. The standard InChI is InChI=1S/C22H25F2N5O/c1-13-5-4-6-16(9-13)11-28-15(3)21(14(2)26-28)25-20(30)12-29-19(17-7-8-17)10-18(27-29)22(23)24/h4-6,9-10,17,22H,7-8,11-12H2,1-3H3,(H,25,30). The van der Waals surface area contributed by atoms with E-state index in [9.17, 15) is 13.6 Å². The molecule has 30 heavy (non-hydrogen) atoms. The molecule has 2 aromatic heterocycles. The molecule has 158 valence electrons. The lowest BCUT2D eigenvalue weighted by atomic mass is 10.1. The predicted octanol–water partition coefficient (Wildman–Crippen LogP) is 4.51. The highest BCUT2D eigenvalue weighted by Crippen LogP contribution is 2.41. The molecule has 1 aliphatic rings. The summed E-state index contributed by atoms with van der Waals surface area (Å²) in [6, 6.07) is 9.62. The van der Waals surface area contributed by atoms with Crippen LogP contribution in [0.3, 0.4) is 0 Å². The van der Waals surface area contributed by atoms with Crippen molar-refractivity contribution in [3.8, 4) is 0 Å². The predicted molar refractivity (Wildman–Crippen MR) is 110 cm³/mol. The summed E-state index contributed by atoms with van der Waals surface area (Å²) < 4.78 is 29.4. The van der Waals surface area contributed by atoms with Crippen LogP contribution in [0.2, 0.25) is 0 Å². The Morgan fingerprint density at radius 2 is 1.93 bits per heavy atom. The van der Waals surface area contributed by atoms with Crippen molar-refractivity contribution in [3.63, 3.8) is 0 Å². The summed E-state index contributed by atoms with van der Waals surface area (Å²) in [4.78, 5) is 12.7. The smallest absolute Gasteiger partial charge is 0.282 e. The van der Waals surface area contributed by atoms with Crippen LogP contribution in [0.15, 0.2) is 30.3 Å². The maximum absolute atomic E-state index is 13.1. The fourth-order valence-corrected chi connectivity index (χ4v) is 3.72. The summed E-state index contributed by atoms with van der Waals surface area (Å²) in [5, 5.41) is 11.4. The Kier molecular flexibility index (Phi) is 5.40. The second-order valence-corrected chi connectivity index (χ2v) is 7.97. The number of benzene rings is 1. The average Bonchev–Trinajstić information content (AvgIpc) is 3.39. The Hall–Kier alpha value is -3.03. The van der Waals surface area contributed by atoms with Crippen LogP contribution in [-0.4, -0.2) is 25.5 Å². The Bertz CT molecular complexity index is 1080. The van der Waals surface area contributed by atoms with E-state index >= 15 is 0 Å². The van der Waals surface area contributed by atoms with Crippen LogP contribution in [0, 0.1) is 20.8 Å². The molecule has 0 radical (unpaired) electrons. The van der Waals surface area contributed by atoms with Gasteiger partial charge in [-0.1, -0.05) is 29.8 Å². The van der Waals surface area contributed by atoms with E-state index in [1.807, 2.05) is 43.7 Å². The highest BCUT2D eigenvalue weighted by Gasteiger charge is 2.30. The van der Waals surface area contributed by atoms with Gasteiger partial charge in [0.1, 0.15) is 12.2 Å². The van der Waals surface area contributed by atoms with Crippen molar-refractivity contribution in [3.05, 3.63) is 64.2 Å². The van der Waals surface area contributed by atoms with Gasteiger partial charge in [0.2, 0.25) is 5.91 Å². The van der Waals surface area contributed by atoms with E-state index in [0.29, 0.717) is 23.6 Å². The van der Waals surface area contributed by atoms with Crippen LogP contribution in [0.25, 0.3) is 0 Å². The van der Waals surface area contributed by atoms with E-state index in [1.165, 1.54) is 16.3 Å². The molecule has 0 atom stereocenters. The summed E-state index contributed by atoms with van der Waals surface area (Å²) >= 11 is 0. The monoisotopic (exact) mass is 413 g/mol. The van der Waals surface area contributed by atoms with Crippen molar-refractivity contribution in [1.29, 1.82) is 0 Å². The number of aromatic nitrogens is 4. The highest BCUT2D eigenvalue weighted by atomic mass is 19.3. The molecule has 1 saturated carbocycles. The molecule has 0 unspecified atom stereocenters. The maximum Gasteiger partial charge on any atom is 0.282 e. The normalized spacial score (nSPS) is 13.8. The van der Waals surface area contributed by atoms with E-state index in [4.69, 9.17) is 0 Å². The van der Waals surface area contributed by atoms with Gasteiger partial charge in [0.05, 0.1) is 23.6 Å². The molecular weight excluding hydrogens is 388 g/mol. The summed E-state index contributed by atoms with van der Waals surface area (Å²) in [6.45, 7) is 6.30. The second kappa shape index (κ2) is 8.01. The van der Waals surface area contributed by atoms with Gasteiger partial charge in [-0.2, -0.15) is 10.2 Å². The molecule has 1 fully saturated rings. The van der Waals surface area contributed by atoms with Gasteiger partial charge in [0.25, 0.3) is 6.43 Å². The number of alkyl halides is 2. The fourth-order valence-electron chi connectivity index (χ4n) is 3.72. The van der Waals surface area contributed by atoms with Crippen molar-refractivity contribution in [2.45, 2.75) is 59.0 Å². The molecule has 4 rings (SSSR count). The quantitative estimate of drug-likeness (QED) is 0.620. The average molecular weight is 413 g/mol. The van der Waals surface area contributed by atoms with Gasteiger partial charge in [-0.25, -0.2) is 8.78 Å². The van der Waals surface area contributed by atoms with Crippen LogP contribution in [-0.2, 0) is 17.9 Å². The molecule has 2 heterocycles. The highest BCUT2D eigenvalue weighted by molar-refractivity contribution is 5.91. The van der Waals surface area contributed by atoms with E-state index in [2.05, 4.69) is 21.6 Å². The lowest BCUT2D eigenvalue weighted by Crippen LogP contribution is -2.21. The molecule has 0 bridgehead atoms. The number of aryl methyl sites for hydroxylation is 2. The number of nitrogens with one attached hydrogen (secondary N) is 1. The molecule has 1 amide bonds. The number of anilines is 1. The number of hydrogen-bond acceptors (Lipinski definition) is 3. The van der Waals surface area contributed by atoms with Gasteiger partial charge in [0, 0.05) is 11.6 Å². The number of amides is 1. The fraction of sp³-hybridized carbons (Fsp3) is 0.409. The molecule has 8 heteroatoms. The Balaban J connectivity index is 1.49. The number of nitrogens with zero attached hydrogens (tertiary/aromatic N) is 4. The minimum Gasteiger partial charge on any atom is -0.321 e. The Morgan fingerprint density at radius 1 is 1.17 bits per heavy atom. The number of rotatable bonds is 7. The van der Waals surface area contributed by atoms with Gasteiger partial charge < -0.3 is 5.32 Å². The van der Waals surface area contributed by atoms with E-state index < -0.39 is 6.43 Å². The van der Waals surface area contributed by atoms with Crippen molar-refractivity contribution in [2.24, 2.45) is 0 Å². The third-order valence-corrected chi connectivity index (χ3v) is 5.40. The Labute approximate surface area is 173 Å². The summed E-state index contributed by atoms with van der Waals surface area (Å²) in [7, 11) is 0. The van der Waals surface area contributed by atoms with Crippen LogP contribution in [0.1, 0.15) is 59.1 Å². The second-order valence-electron chi connectivity index (χ2n) is 7.97. The van der Waals surface area contributed by atoms with E-state index in [1.54, 1.807) is 0 Å². The van der Waals surface area contributed by atoms with E-state index in [0.717, 1.165) is 24.1 Å². The molecule has 0 saturated heterocycles. The zero-order valence-electron chi connectivity index (χ0n) is 17.3. The third kappa shape index (κ3) is 4.27. The zero-order valence-corrected chi connectivity index (χ0v) is 17.3. The SMILES string of the molecule is Cc1cccc(Cn2nc(C)c(NC(=O)Cn3nc(C(F)F)cc3C3CC3)c2C)c1. The number of carbonyl (C=O) groups is 1. The molecule has 6 nitrogen and oxygen atoms in total. The van der Waals surface area contributed by atoms with Crippen molar-refractivity contribution in [2.75, 3.05) is 5.32 Å². The molecule has 0 spiro atoms. The van der Waals surface area contributed by atoms with Crippen LogP contribution in [0.4, 0.5) is 14.5 Å². The minimum absolute atomic E-state index is 0.0967.